The summed E-state index contributed by atoms with van der Waals surface area (Å²) >= 11 is 12.3. The van der Waals surface area contributed by atoms with Crippen LogP contribution in [0.5, 0.6) is 0 Å². The Morgan fingerprint density at radius 1 is 1.14 bits per heavy atom. The van der Waals surface area contributed by atoms with Gasteiger partial charge in [-0.25, -0.2) is 0 Å². The first-order valence-electron chi connectivity index (χ1n) is 11.3. The number of benzene rings is 2. The minimum Gasteiger partial charge on any atom is -0.368 e. The zero-order chi connectivity index (χ0) is 26.0. The molecule has 4 N–H and O–H groups in total. The van der Waals surface area contributed by atoms with E-state index in [-0.39, 0.29) is 35.9 Å². The second-order valence-corrected chi connectivity index (χ2v) is 9.40. The lowest BCUT2D eigenvalue weighted by atomic mass is 10.0. The molecule has 11 heteroatoms. The fourth-order valence-corrected chi connectivity index (χ4v) is 4.51. The molecule has 1 saturated heterocycles. The average molecular weight is 531 g/mol. The number of carbonyl (C=O) groups excluding carboxylic acids is 4. The van der Waals surface area contributed by atoms with Crippen LogP contribution in [0.2, 0.25) is 5.02 Å². The van der Waals surface area contributed by atoms with Crippen LogP contribution < -0.4 is 16.0 Å². The molecule has 0 bridgehead atoms. The average Bonchev–Trinajstić information content (AvgIpc) is 3.04. The Balaban J connectivity index is 1.39. The molecule has 9 nitrogen and oxygen atoms in total. The second kappa shape index (κ2) is 10.7. The van der Waals surface area contributed by atoms with E-state index < -0.39 is 30.0 Å². The Hall–Kier alpha value is -3.40. The smallest absolute Gasteiger partial charge is 0.270 e. The highest BCUT2D eigenvalue weighted by atomic mass is 35.5. The molecule has 0 radical (unpaired) electrons. The van der Waals surface area contributed by atoms with Crippen LogP contribution in [0.3, 0.4) is 0 Å². The van der Waals surface area contributed by atoms with E-state index in [0.717, 1.165) is 16.0 Å². The standard InChI is InChI=1S/C25H24Cl2N4O5/c1-13-5-7-16(12-17(13)26)28-19(32)9-6-14-3-2-4-15(11-14)29-22-21(27)24(35)31(25(22)36)18-8-10-20(33)30-23(18)34/h2-5,7,11-12,18,25,29,36H,6,8-10H2,1H3,(H,28,32)(H,30,33,34). The molecule has 0 aliphatic carbocycles. The van der Waals surface area contributed by atoms with Crippen molar-refractivity contribution in [1.29, 1.82) is 0 Å². The normalized spacial score (nSPS) is 20.0. The van der Waals surface area contributed by atoms with Crippen molar-refractivity contribution in [2.45, 2.75) is 44.9 Å². The Kier molecular flexibility index (Phi) is 7.63. The van der Waals surface area contributed by atoms with Gasteiger partial charge in [0, 0.05) is 29.2 Å². The fourth-order valence-electron chi connectivity index (χ4n) is 4.08. The third-order valence-corrected chi connectivity index (χ3v) is 6.80. The molecule has 4 rings (SSSR count). The number of hydrogen-bond donors (Lipinski definition) is 4. The van der Waals surface area contributed by atoms with Gasteiger partial charge in [-0.3, -0.25) is 29.4 Å². The van der Waals surface area contributed by atoms with Gasteiger partial charge in [0.25, 0.3) is 5.91 Å². The summed E-state index contributed by atoms with van der Waals surface area (Å²) in [5.74, 6) is -1.96. The molecule has 2 aliphatic heterocycles. The molecule has 4 amide bonds. The number of amides is 4. The van der Waals surface area contributed by atoms with Crippen molar-refractivity contribution in [3.8, 4) is 0 Å². The number of hydrogen-bond acceptors (Lipinski definition) is 6. The highest BCUT2D eigenvalue weighted by Gasteiger charge is 2.45. The van der Waals surface area contributed by atoms with Crippen molar-refractivity contribution >= 4 is 58.2 Å². The molecule has 2 heterocycles. The molecule has 0 saturated carbocycles. The third-order valence-electron chi connectivity index (χ3n) is 6.03. The molecule has 2 aromatic rings. The molecule has 2 unspecified atom stereocenters. The number of nitrogens with zero attached hydrogens (tertiary/aromatic N) is 1. The number of anilines is 2. The van der Waals surface area contributed by atoms with Gasteiger partial charge in [-0.1, -0.05) is 41.4 Å². The van der Waals surface area contributed by atoms with Crippen LogP contribution in [-0.2, 0) is 25.6 Å². The van der Waals surface area contributed by atoms with E-state index in [1.54, 1.807) is 30.3 Å². The molecule has 36 heavy (non-hydrogen) atoms. The summed E-state index contributed by atoms with van der Waals surface area (Å²) in [6.07, 6.45) is -0.665. The van der Waals surface area contributed by atoms with E-state index in [9.17, 15) is 24.3 Å². The SMILES string of the molecule is Cc1ccc(NC(=O)CCc2cccc(NC3=C(Cl)C(=O)N(C4CCC(=O)NC4=O)C3O)c2)cc1Cl. The van der Waals surface area contributed by atoms with Crippen LogP contribution in [0.1, 0.15) is 30.4 Å². The number of aryl methyl sites for hydroxylation is 2. The first kappa shape index (κ1) is 25.7. The molecular formula is C25H24Cl2N4O5. The maximum Gasteiger partial charge on any atom is 0.270 e. The largest absolute Gasteiger partial charge is 0.368 e. The summed E-state index contributed by atoms with van der Waals surface area (Å²) in [5, 5.41) is 19.1. The van der Waals surface area contributed by atoms with Crippen LogP contribution in [0, 0.1) is 6.92 Å². The van der Waals surface area contributed by atoms with Gasteiger partial charge in [-0.05, 0) is 55.2 Å². The van der Waals surface area contributed by atoms with Gasteiger partial charge < -0.3 is 15.7 Å². The molecule has 1 fully saturated rings. The maximum atomic E-state index is 12.7. The van der Waals surface area contributed by atoms with Crippen molar-refractivity contribution in [3.63, 3.8) is 0 Å². The Morgan fingerprint density at radius 2 is 1.92 bits per heavy atom. The number of halogens is 2. The highest BCUT2D eigenvalue weighted by molar-refractivity contribution is 6.43. The Bertz CT molecular complexity index is 1280. The fraction of sp³-hybridized carbons (Fsp3) is 0.280. The molecule has 0 spiro atoms. The van der Waals surface area contributed by atoms with E-state index >= 15 is 0 Å². The Labute approximate surface area is 217 Å². The number of carbonyl (C=O) groups is 4. The number of aliphatic hydroxyl groups is 1. The van der Waals surface area contributed by atoms with Gasteiger partial charge >= 0.3 is 0 Å². The van der Waals surface area contributed by atoms with Crippen molar-refractivity contribution in [3.05, 3.63) is 69.3 Å². The van der Waals surface area contributed by atoms with Gasteiger partial charge in [-0.15, -0.1) is 0 Å². The van der Waals surface area contributed by atoms with Crippen molar-refractivity contribution in [2.75, 3.05) is 10.6 Å². The zero-order valence-corrected chi connectivity index (χ0v) is 20.8. The predicted molar refractivity (Wildman–Crippen MR) is 135 cm³/mol. The monoisotopic (exact) mass is 530 g/mol. The van der Waals surface area contributed by atoms with Gasteiger partial charge in [0.15, 0.2) is 6.23 Å². The number of imide groups is 1. The van der Waals surface area contributed by atoms with E-state index in [1.165, 1.54) is 0 Å². The van der Waals surface area contributed by atoms with Gasteiger partial charge in [-0.2, -0.15) is 0 Å². The Morgan fingerprint density at radius 3 is 2.64 bits per heavy atom. The summed E-state index contributed by atoms with van der Waals surface area (Å²) in [6, 6.07) is 11.4. The van der Waals surface area contributed by atoms with Crippen molar-refractivity contribution in [1.82, 2.24) is 10.2 Å². The van der Waals surface area contributed by atoms with E-state index in [4.69, 9.17) is 23.2 Å². The zero-order valence-electron chi connectivity index (χ0n) is 19.3. The first-order valence-corrected chi connectivity index (χ1v) is 12.1. The van der Waals surface area contributed by atoms with Crippen LogP contribution in [-0.4, -0.2) is 45.9 Å². The van der Waals surface area contributed by atoms with Crippen LogP contribution in [0.4, 0.5) is 11.4 Å². The highest BCUT2D eigenvalue weighted by Crippen LogP contribution is 2.32. The molecule has 2 aliphatic rings. The van der Waals surface area contributed by atoms with Crippen molar-refractivity contribution in [2.24, 2.45) is 0 Å². The van der Waals surface area contributed by atoms with E-state index in [1.807, 2.05) is 19.1 Å². The van der Waals surface area contributed by atoms with Gasteiger partial charge in [0.2, 0.25) is 17.7 Å². The third kappa shape index (κ3) is 5.53. The number of rotatable bonds is 7. The lowest BCUT2D eigenvalue weighted by molar-refractivity contribution is -0.149. The summed E-state index contributed by atoms with van der Waals surface area (Å²) in [7, 11) is 0. The number of aliphatic hydroxyl groups excluding tert-OH is 1. The number of nitrogens with one attached hydrogen (secondary N) is 3. The molecule has 0 aromatic heterocycles. The van der Waals surface area contributed by atoms with Gasteiger partial charge in [0.05, 0.1) is 5.70 Å². The summed E-state index contributed by atoms with van der Waals surface area (Å²) in [5.41, 5.74) is 2.96. The predicted octanol–water partition coefficient (Wildman–Crippen LogP) is 3.05. The summed E-state index contributed by atoms with van der Waals surface area (Å²) in [6.45, 7) is 1.88. The van der Waals surface area contributed by atoms with Gasteiger partial charge in [0.1, 0.15) is 11.1 Å². The molecule has 2 aromatic carbocycles. The molecule has 2 atom stereocenters. The minimum atomic E-state index is -1.48. The molecule has 188 valence electrons. The summed E-state index contributed by atoms with van der Waals surface area (Å²) in [4.78, 5) is 49.7. The minimum absolute atomic E-state index is 0.0394. The van der Waals surface area contributed by atoms with Crippen LogP contribution in [0.15, 0.2) is 53.2 Å². The van der Waals surface area contributed by atoms with Crippen molar-refractivity contribution < 1.29 is 24.3 Å². The number of piperidine rings is 1. The summed E-state index contributed by atoms with van der Waals surface area (Å²) < 4.78 is 0. The first-order chi connectivity index (χ1) is 17.1. The lowest BCUT2D eigenvalue weighted by Crippen LogP contribution is -2.56. The van der Waals surface area contributed by atoms with Crippen LogP contribution >= 0.6 is 23.2 Å². The quantitative estimate of drug-likeness (QED) is 0.407. The lowest BCUT2D eigenvalue weighted by Gasteiger charge is -2.32. The molecular weight excluding hydrogens is 507 g/mol. The topological polar surface area (TPSA) is 128 Å². The maximum absolute atomic E-state index is 12.7. The van der Waals surface area contributed by atoms with E-state index in [2.05, 4.69) is 16.0 Å². The van der Waals surface area contributed by atoms with Crippen LogP contribution in [0.25, 0.3) is 0 Å². The van der Waals surface area contributed by atoms with E-state index in [0.29, 0.717) is 22.8 Å². The second-order valence-electron chi connectivity index (χ2n) is 8.62.